The summed E-state index contributed by atoms with van der Waals surface area (Å²) < 4.78 is 40.0. The van der Waals surface area contributed by atoms with Gasteiger partial charge in [-0.05, 0) is 56.0 Å². The van der Waals surface area contributed by atoms with E-state index in [9.17, 15) is 22.4 Å². The molecule has 204 valence electrons. The molecule has 2 aromatic rings. The minimum absolute atomic E-state index is 0.0467. The van der Waals surface area contributed by atoms with Crippen molar-refractivity contribution in [3.8, 4) is 0 Å². The lowest BCUT2D eigenvalue weighted by molar-refractivity contribution is -0.141. The summed E-state index contributed by atoms with van der Waals surface area (Å²) in [4.78, 5) is 28.0. The number of sulfonamides is 1. The molecule has 0 bridgehead atoms. The number of para-hydroxylation sites is 1. The van der Waals surface area contributed by atoms with Crippen molar-refractivity contribution >= 4 is 50.7 Å². The molecule has 0 heterocycles. The second-order valence-electron chi connectivity index (χ2n) is 8.90. The molecule has 0 aliphatic heterocycles. The number of hydrogen-bond acceptors (Lipinski definition) is 4. The molecule has 0 aliphatic carbocycles. The molecule has 0 aliphatic rings. The predicted octanol–water partition coefficient (Wildman–Crippen LogP) is 5.40. The highest BCUT2D eigenvalue weighted by molar-refractivity contribution is 7.92. The molecule has 0 spiro atoms. The highest BCUT2D eigenvalue weighted by atomic mass is 35.5. The molecule has 2 amide bonds. The van der Waals surface area contributed by atoms with Crippen LogP contribution in [0.25, 0.3) is 0 Å². The normalized spacial score (nSPS) is 13.1. The lowest BCUT2D eigenvalue weighted by Crippen LogP contribution is -2.50. The van der Waals surface area contributed by atoms with Crippen LogP contribution in [-0.4, -0.2) is 50.0 Å². The number of carbonyl (C=O) groups is 2. The second kappa shape index (κ2) is 14.0. The van der Waals surface area contributed by atoms with Gasteiger partial charge in [0.05, 0.1) is 22.0 Å². The van der Waals surface area contributed by atoms with Gasteiger partial charge in [-0.2, -0.15) is 0 Å². The largest absolute Gasteiger partial charge is 0.352 e. The summed E-state index contributed by atoms with van der Waals surface area (Å²) in [5.41, 5.74) is 0.617. The SMILES string of the molecule is CC[C@H](C)NC(=O)[C@H](CC)N(Cc1ccc(Cl)c(Cl)c1)C(=O)CCCN(c1ccccc1F)S(C)(=O)=O. The van der Waals surface area contributed by atoms with Gasteiger partial charge in [-0.25, -0.2) is 12.8 Å². The Labute approximate surface area is 229 Å². The van der Waals surface area contributed by atoms with E-state index < -0.39 is 21.9 Å². The number of rotatable bonds is 13. The first-order chi connectivity index (χ1) is 17.4. The zero-order valence-corrected chi connectivity index (χ0v) is 23.8. The Morgan fingerprint density at radius 2 is 1.73 bits per heavy atom. The highest BCUT2D eigenvalue weighted by Gasteiger charge is 2.29. The zero-order valence-electron chi connectivity index (χ0n) is 21.5. The van der Waals surface area contributed by atoms with E-state index in [1.807, 2.05) is 20.8 Å². The Morgan fingerprint density at radius 1 is 1.05 bits per heavy atom. The molecule has 0 fully saturated rings. The van der Waals surface area contributed by atoms with E-state index in [-0.39, 0.29) is 49.5 Å². The van der Waals surface area contributed by atoms with Crippen LogP contribution in [0.4, 0.5) is 10.1 Å². The van der Waals surface area contributed by atoms with Crippen LogP contribution in [0, 0.1) is 5.82 Å². The van der Waals surface area contributed by atoms with Crippen LogP contribution in [0.3, 0.4) is 0 Å². The second-order valence-corrected chi connectivity index (χ2v) is 11.6. The Kier molecular flexibility index (Phi) is 11.7. The number of nitrogens with zero attached hydrogens (tertiary/aromatic N) is 2. The van der Waals surface area contributed by atoms with Gasteiger partial charge in [0, 0.05) is 25.6 Å². The number of nitrogens with one attached hydrogen (secondary N) is 1. The van der Waals surface area contributed by atoms with E-state index in [1.54, 1.807) is 24.3 Å². The summed E-state index contributed by atoms with van der Waals surface area (Å²) in [6.45, 7) is 5.68. The van der Waals surface area contributed by atoms with Crippen molar-refractivity contribution in [3.63, 3.8) is 0 Å². The predicted molar refractivity (Wildman–Crippen MR) is 147 cm³/mol. The van der Waals surface area contributed by atoms with E-state index in [1.165, 1.54) is 23.1 Å². The maximum absolute atomic E-state index is 14.3. The van der Waals surface area contributed by atoms with E-state index in [2.05, 4.69) is 5.32 Å². The van der Waals surface area contributed by atoms with Crippen LogP contribution in [0.2, 0.25) is 10.0 Å². The Bertz CT molecular complexity index is 1200. The van der Waals surface area contributed by atoms with Gasteiger partial charge in [0.25, 0.3) is 0 Å². The van der Waals surface area contributed by atoms with Crippen molar-refractivity contribution in [2.75, 3.05) is 17.1 Å². The number of amides is 2. The summed E-state index contributed by atoms with van der Waals surface area (Å²) in [7, 11) is -3.79. The first-order valence-corrected chi connectivity index (χ1v) is 14.7. The molecule has 37 heavy (non-hydrogen) atoms. The average molecular weight is 575 g/mol. The standard InChI is InChI=1S/C26H34Cl2FN3O4S/c1-5-18(3)30-26(34)23(6-2)31(17-19-13-14-20(27)21(28)16-19)25(33)12-9-15-32(37(4,35)36)24-11-8-7-10-22(24)29/h7-8,10-11,13-14,16,18,23H,5-6,9,12,15,17H2,1-4H3,(H,30,34)/t18-,23-/m0/s1. The van der Waals surface area contributed by atoms with Crippen LogP contribution in [0.15, 0.2) is 42.5 Å². The van der Waals surface area contributed by atoms with Gasteiger partial charge in [-0.3, -0.25) is 13.9 Å². The van der Waals surface area contributed by atoms with Crippen LogP contribution >= 0.6 is 23.2 Å². The van der Waals surface area contributed by atoms with Crippen molar-refractivity contribution in [1.29, 1.82) is 0 Å². The molecular weight excluding hydrogens is 540 g/mol. The van der Waals surface area contributed by atoms with Gasteiger partial charge >= 0.3 is 0 Å². The Morgan fingerprint density at radius 3 is 2.30 bits per heavy atom. The zero-order chi connectivity index (χ0) is 27.8. The van der Waals surface area contributed by atoms with Crippen LogP contribution < -0.4 is 9.62 Å². The molecule has 0 saturated carbocycles. The molecular formula is C26H34Cl2FN3O4S. The van der Waals surface area contributed by atoms with Gasteiger partial charge in [-0.15, -0.1) is 0 Å². The van der Waals surface area contributed by atoms with Gasteiger partial charge in [0.1, 0.15) is 11.9 Å². The average Bonchev–Trinajstić information content (AvgIpc) is 2.83. The quantitative estimate of drug-likeness (QED) is 0.347. The highest BCUT2D eigenvalue weighted by Crippen LogP contribution is 2.25. The first kappa shape index (κ1) is 30.9. The maximum atomic E-state index is 14.3. The van der Waals surface area contributed by atoms with Gasteiger partial charge in [-0.1, -0.05) is 55.2 Å². The molecule has 2 atom stereocenters. The Hall–Kier alpha value is -2.36. The van der Waals surface area contributed by atoms with Crippen molar-refractivity contribution in [2.24, 2.45) is 0 Å². The molecule has 1 N–H and O–H groups in total. The fraction of sp³-hybridized carbons (Fsp3) is 0.462. The molecule has 7 nitrogen and oxygen atoms in total. The topological polar surface area (TPSA) is 86.8 Å². The number of carbonyl (C=O) groups excluding carboxylic acids is 2. The minimum Gasteiger partial charge on any atom is -0.352 e. The third kappa shape index (κ3) is 8.86. The molecule has 0 saturated heterocycles. The van der Waals surface area contributed by atoms with E-state index in [0.29, 0.717) is 22.0 Å². The number of hydrogen-bond donors (Lipinski definition) is 1. The van der Waals surface area contributed by atoms with E-state index in [4.69, 9.17) is 23.2 Å². The maximum Gasteiger partial charge on any atom is 0.243 e. The van der Waals surface area contributed by atoms with Crippen molar-refractivity contribution in [1.82, 2.24) is 10.2 Å². The molecule has 11 heteroatoms. The summed E-state index contributed by atoms with van der Waals surface area (Å²) >= 11 is 12.2. The number of halogens is 3. The summed E-state index contributed by atoms with van der Waals surface area (Å²) in [5, 5.41) is 3.64. The van der Waals surface area contributed by atoms with Crippen molar-refractivity contribution < 1.29 is 22.4 Å². The molecule has 2 rings (SSSR count). The van der Waals surface area contributed by atoms with E-state index >= 15 is 0 Å². The van der Waals surface area contributed by atoms with Gasteiger partial charge in [0.2, 0.25) is 21.8 Å². The Balaban J connectivity index is 2.26. The number of anilines is 1. The fourth-order valence-corrected chi connectivity index (χ4v) is 5.12. The summed E-state index contributed by atoms with van der Waals surface area (Å²) in [5.74, 6) is -1.28. The smallest absolute Gasteiger partial charge is 0.243 e. The molecule has 0 radical (unpaired) electrons. The van der Waals surface area contributed by atoms with Crippen LogP contribution in [0.1, 0.15) is 52.0 Å². The third-order valence-electron chi connectivity index (χ3n) is 6.00. The van der Waals surface area contributed by atoms with Crippen LogP contribution in [-0.2, 0) is 26.2 Å². The molecule has 2 aromatic carbocycles. The molecule has 0 aromatic heterocycles. The number of benzene rings is 2. The monoisotopic (exact) mass is 573 g/mol. The van der Waals surface area contributed by atoms with Crippen molar-refractivity contribution in [2.45, 2.75) is 65.1 Å². The van der Waals surface area contributed by atoms with Crippen molar-refractivity contribution in [3.05, 3.63) is 63.9 Å². The fourth-order valence-electron chi connectivity index (χ4n) is 3.83. The lowest BCUT2D eigenvalue weighted by atomic mass is 10.1. The minimum atomic E-state index is -3.79. The summed E-state index contributed by atoms with van der Waals surface area (Å²) in [6.07, 6.45) is 2.18. The molecule has 0 unspecified atom stereocenters. The lowest BCUT2D eigenvalue weighted by Gasteiger charge is -2.32. The van der Waals surface area contributed by atoms with Crippen LogP contribution in [0.5, 0.6) is 0 Å². The van der Waals surface area contributed by atoms with Gasteiger partial charge in [0.15, 0.2) is 0 Å². The van der Waals surface area contributed by atoms with Gasteiger partial charge < -0.3 is 10.2 Å². The third-order valence-corrected chi connectivity index (χ3v) is 7.92. The first-order valence-electron chi connectivity index (χ1n) is 12.1. The van der Waals surface area contributed by atoms with E-state index in [0.717, 1.165) is 17.0 Å². The summed E-state index contributed by atoms with van der Waals surface area (Å²) in [6, 6.07) is 9.77.